The van der Waals surface area contributed by atoms with Crippen molar-refractivity contribution in [3.05, 3.63) is 35.4 Å². The molecule has 0 saturated heterocycles. The SMILES string of the molecule is Cc1ccc([C@@H](C(=O)O)[C@@H](C)C(F)(F)F)cc1. The average molecular weight is 246 g/mol. The highest BCUT2D eigenvalue weighted by Gasteiger charge is 2.44. The zero-order valence-corrected chi connectivity index (χ0v) is 9.45. The summed E-state index contributed by atoms with van der Waals surface area (Å²) in [7, 11) is 0. The van der Waals surface area contributed by atoms with Gasteiger partial charge in [-0.3, -0.25) is 4.79 Å². The fourth-order valence-electron chi connectivity index (χ4n) is 1.61. The summed E-state index contributed by atoms with van der Waals surface area (Å²) in [5.74, 6) is -4.93. The first-order valence-electron chi connectivity index (χ1n) is 5.09. The van der Waals surface area contributed by atoms with E-state index in [2.05, 4.69) is 0 Å². The number of aryl methyl sites for hydroxylation is 1. The lowest BCUT2D eigenvalue weighted by Gasteiger charge is -2.23. The van der Waals surface area contributed by atoms with Gasteiger partial charge in [-0.15, -0.1) is 0 Å². The molecule has 1 rings (SSSR count). The standard InChI is InChI=1S/C12H13F3O2/c1-7-3-5-9(6-4-7)10(11(16)17)8(2)12(13,14)15/h3-6,8,10H,1-2H3,(H,16,17)/t8-,10+/m1/s1. The van der Waals surface area contributed by atoms with Crippen LogP contribution in [0.25, 0.3) is 0 Å². The van der Waals surface area contributed by atoms with Crippen LogP contribution in [0.2, 0.25) is 0 Å². The molecule has 0 radical (unpaired) electrons. The van der Waals surface area contributed by atoms with Crippen molar-refractivity contribution in [3.8, 4) is 0 Å². The van der Waals surface area contributed by atoms with Gasteiger partial charge in [-0.1, -0.05) is 36.8 Å². The normalized spacial score (nSPS) is 15.4. The van der Waals surface area contributed by atoms with Gasteiger partial charge in [0.15, 0.2) is 0 Å². The minimum Gasteiger partial charge on any atom is -0.481 e. The minimum atomic E-state index is -4.52. The molecule has 1 aromatic rings. The van der Waals surface area contributed by atoms with Crippen LogP contribution in [0.4, 0.5) is 13.2 Å². The second-order valence-corrected chi connectivity index (χ2v) is 4.06. The lowest BCUT2D eigenvalue weighted by molar-refractivity contribution is -0.183. The highest BCUT2D eigenvalue weighted by atomic mass is 19.4. The molecule has 17 heavy (non-hydrogen) atoms. The monoisotopic (exact) mass is 246 g/mol. The summed E-state index contributed by atoms with van der Waals surface area (Å²) in [6, 6.07) is 6.06. The third kappa shape index (κ3) is 3.22. The fraction of sp³-hybridized carbons (Fsp3) is 0.417. The van der Waals surface area contributed by atoms with Crippen LogP contribution in [-0.4, -0.2) is 17.3 Å². The number of carbonyl (C=O) groups is 1. The molecular formula is C12H13F3O2. The fourth-order valence-corrected chi connectivity index (χ4v) is 1.61. The molecule has 0 heterocycles. The molecule has 0 aliphatic heterocycles. The Labute approximate surface area is 97.1 Å². The van der Waals surface area contributed by atoms with Gasteiger partial charge in [-0.2, -0.15) is 13.2 Å². The molecule has 0 aromatic heterocycles. The van der Waals surface area contributed by atoms with E-state index >= 15 is 0 Å². The largest absolute Gasteiger partial charge is 0.481 e. The molecule has 1 N–H and O–H groups in total. The maximum atomic E-state index is 12.6. The van der Waals surface area contributed by atoms with Gasteiger partial charge in [0.2, 0.25) is 0 Å². The van der Waals surface area contributed by atoms with Crippen LogP contribution in [0.5, 0.6) is 0 Å². The van der Waals surface area contributed by atoms with Crippen molar-refractivity contribution in [1.82, 2.24) is 0 Å². The molecule has 0 unspecified atom stereocenters. The number of carboxylic acids is 1. The number of aliphatic carboxylic acids is 1. The molecular weight excluding hydrogens is 233 g/mol. The molecule has 0 aliphatic carbocycles. The molecule has 1 aromatic carbocycles. The van der Waals surface area contributed by atoms with Crippen molar-refractivity contribution >= 4 is 5.97 Å². The van der Waals surface area contributed by atoms with Gasteiger partial charge in [0, 0.05) is 0 Å². The van der Waals surface area contributed by atoms with Crippen LogP contribution in [0.1, 0.15) is 24.0 Å². The summed E-state index contributed by atoms with van der Waals surface area (Å²) >= 11 is 0. The van der Waals surface area contributed by atoms with E-state index in [9.17, 15) is 18.0 Å². The maximum Gasteiger partial charge on any atom is 0.392 e. The summed E-state index contributed by atoms with van der Waals surface area (Å²) in [5, 5.41) is 8.93. The molecule has 0 saturated carbocycles. The van der Waals surface area contributed by atoms with Crippen LogP contribution >= 0.6 is 0 Å². The van der Waals surface area contributed by atoms with Gasteiger partial charge in [0.25, 0.3) is 0 Å². The molecule has 0 spiro atoms. The minimum absolute atomic E-state index is 0.174. The second-order valence-electron chi connectivity index (χ2n) is 4.06. The third-order valence-electron chi connectivity index (χ3n) is 2.72. The zero-order chi connectivity index (χ0) is 13.2. The van der Waals surface area contributed by atoms with Crippen LogP contribution in [-0.2, 0) is 4.79 Å². The number of benzene rings is 1. The quantitative estimate of drug-likeness (QED) is 0.887. The van der Waals surface area contributed by atoms with E-state index in [1.165, 1.54) is 12.1 Å². The number of halogens is 3. The Morgan fingerprint density at radius 2 is 1.71 bits per heavy atom. The summed E-state index contributed by atoms with van der Waals surface area (Å²) in [4.78, 5) is 11.0. The lowest BCUT2D eigenvalue weighted by atomic mass is 9.86. The van der Waals surface area contributed by atoms with Crippen molar-refractivity contribution in [2.24, 2.45) is 5.92 Å². The van der Waals surface area contributed by atoms with Crippen molar-refractivity contribution < 1.29 is 23.1 Å². The number of hydrogen-bond acceptors (Lipinski definition) is 1. The molecule has 0 fully saturated rings. The first-order chi connectivity index (χ1) is 7.73. The van der Waals surface area contributed by atoms with E-state index in [0.717, 1.165) is 12.5 Å². The molecule has 0 amide bonds. The Balaban J connectivity index is 3.10. The number of rotatable bonds is 3. The van der Waals surface area contributed by atoms with Gasteiger partial charge in [0.1, 0.15) is 0 Å². The Morgan fingerprint density at radius 1 is 1.24 bits per heavy atom. The lowest BCUT2D eigenvalue weighted by Crippen LogP contribution is -2.31. The topological polar surface area (TPSA) is 37.3 Å². The van der Waals surface area contributed by atoms with E-state index in [0.29, 0.717) is 0 Å². The van der Waals surface area contributed by atoms with Gasteiger partial charge in [-0.25, -0.2) is 0 Å². The highest BCUT2D eigenvalue weighted by Crippen LogP contribution is 2.37. The van der Waals surface area contributed by atoms with E-state index in [1.807, 2.05) is 0 Å². The van der Waals surface area contributed by atoms with E-state index in [-0.39, 0.29) is 5.56 Å². The summed E-state index contributed by atoms with van der Waals surface area (Å²) in [5.41, 5.74) is 1.05. The molecule has 5 heteroatoms. The number of carboxylic acid groups (broad SMARTS) is 1. The third-order valence-corrected chi connectivity index (χ3v) is 2.72. The second kappa shape index (κ2) is 4.77. The van der Waals surface area contributed by atoms with Gasteiger partial charge in [-0.05, 0) is 12.5 Å². The Bertz CT molecular complexity index is 395. The Morgan fingerprint density at radius 3 is 2.06 bits per heavy atom. The van der Waals surface area contributed by atoms with Crippen molar-refractivity contribution in [2.45, 2.75) is 25.9 Å². The predicted molar refractivity (Wildman–Crippen MR) is 56.8 cm³/mol. The number of hydrogen-bond donors (Lipinski definition) is 1. The van der Waals surface area contributed by atoms with E-state index in [1.54, 1.807) is 19.1 Å². The first-order valence-corrected chi connectivity index (χ1v) is 5.09. The molecule has 2 atom stereocenters. The van der Waals surface area contributed by atoms with Crippen LogP contribution in [0, 0.1) is 12.8 Å². The summed E-state index contributed by atoms with van der Waals surface area (Å²) < 4.78 is 37.7. The first kappa shape index (κ1) is 13.5. The zero-order valence-electron chi connectivity index (χ0n) is 9.45. The highest BCUT2D eigenvalue weighted by molar-refractivity contribution is 5.76. The van der Waals surface area contributed by atoms with Crippen molar-refractivity contribution in [2.75, 3.05) is 0 Å². The summed E-state index contributed by atoms with van der Waals surface area (Å²) in [6.07, 6.45) is -4.52. The molecule has 2 nitrogen and oxygen atoms in total. The van der Waals surface area contributed by atoms with Gasteiger partial charge >= 0.3 is 12.1 Å². The molecule has 0 bridgehead atoms. The van der Waals surface area contributed by atoms with Gasteiger partial charge < -0.3 is 5.11 Å². The number of alkyl halides is 3. The van der Waals surface area contributed by atoms with E-state index in [4.69, 9.17) is 5.11 Å². The van der Waals surface area contributed by atoms with E-state index < -0.39 is 24.0 Å². The summed E-state index contributed by atoms with van der Waals surface area (Å²) in [6.45, 7) is 2.67. The van der Waals surface area contributed by atoms with Crippen molar-refractivity contribution in [3.63, 3.8) is 0 Å². The Hall–Kier alpha value is -1.52. The predicted octanol–water partition coefficient (Wildman–Crippen LogP) is 3.36. The smallest absolute Gasteiger partial charge is 0.392 e. The van der Waals surface area contributed by atoms with Gasteiger partial charge in [0.05, 0.1) is 11.8 Å². The molecule has 94 valence electrons. The van der Waals surface area contributed by atoms with Crippen LogP contribution in [0.3, 0.4) is 0 Å². The van der Waals surface area contributed by atoms with Crippen molar-refractivity contribution in [1.29, 1.82) is 0 Å². The van der Waals surface area contributed by atoms with Crippen LogP contribution < -0.4 is 0 Å². The average Bonchev–Trinajstić information content (AvgIpc) is 2.19. The molecule has 0 aliphatic rings. The Kier molecular flexibility index (Phi) is 3.80. The van der Waals surface area contributed by atoms with Crippen LogP contribution in [0.15, 0.2) is 24.3 Å². The maximum absolute atomic E-state index is 12.6.